The van der Waals surface area contributed by atoms with Gasteiger partial charge in [0.1, 0.15) is 5.15 Å². The highest BCUT2D eigenvalue weighted by atomic mass is 35.5. The van der Waals surface area contributed by atoms with Crippen LogP contribution in [-0.2, 0) is 16.0 Å². The van der Waals surface area contributed by atoms with Crippen LogP contribution in [0.25, 0.3) is 0 Å². The number of aromatic nitrogens is 1. The molecule has 0 aliphatic carbocycles. The fraction of sp³-hybridized carbons (Fsp3) is 0.400. The fourth-order valence-corrected chi connectivity index (χ4v) is 1.56. The third-order valence-corrected chi connectivity index (χ3v) is 2.52. The molecule has 0 aliphatic heterocycles. The molecular weight excluding hydrogens is 240 g/mol. The van der Waals surface area contributed by atoms with Crippen molar-refractivity contribution in [3.63, 3.8) is 0 Å². The molecule has 0 aliphatic rings. The lowest BCUT2D eigenvalue weighted by molar-refractivity contribution is -0.139. The van der Waals surface area contributed by atoms with Gasteiger partial charge in [-0.1, -0.05) is 11.6 Å². The van der Waals surface area contributed by atoms with E-state index in [9.17, 15) is 13.6 Å². The Morgan fingerprint density at radius 3 is 2.75 bits per heavy atom. The average Bonchev–Trinajstić information content (AvgIpc) is 2.21. The molecule has 1 rings (SSSR count). The number of hydrogen-bond donors (Lipinski definition) is 0. The van der Waals surface area contributed by atoms with Crippen molar-refractivity contribution in [2.45, 2.75) is 19.8 Å². The van der Waals surface area contributed by atoms with Gasteiger partial charge in [0.15, 0.2) is 0 Å². The summed E-state index contributed by atoms with van der Waals surface area (Å²) in [4.78, 5) is 14.7. The van der Waals surface area contributed by atoms with Gasteiger partial charge in [-0.3, -0.25) is 4.79 Å². The lowest BCUT2D eigenvalue weighted by Crippen LogP contribution is -2.08. The largest absolute Gasteiger partial charge is 0.469 e. The van der Waals surface area contributed by atoms with Crippen LogP contribution in [0.2, 0.25) is 5.15 Å². The van der Waals surface area contributed by atoms with Crippen molar-refractivity contribution in [1.29, 1.82) is 0 Å². The van der Waals surface area contributed by atoms with E-state index in [1.807, 2.05) is 0 Å². The second-order valence-electron chi connectivity index (χ2n) is 3.17. The van der Waals surface area contributed by atoms with Crippen molar-refractivity contribution < 1.29 is 18.3 Å². The van der Waals surface area contributed by atoms with Crippen LogP contribution >= 0.6 is 11.6 Å². The van der Waals surface area contributed by atoms with Crippen LogP contribution in [-0.4, -0.2) is 18.1 Å². The van der Waals surface area contributed by atoms with E-state index in [1.165, 1.54) is 20.2 Å². The Morgan fingerprint density at radius 2 is 2.25 bits per heavy atom. The van der Waals surface area contributed by atoms with E-state index < -0.39 is 12.4 Å². The number of ether oxygens (including phenoxy) is 1. The first-order valence-electron chi connectivity index (χ1n) is 4.46. The molecule has 0 bridgehead atoms. The van der Waals surface area contributed by atoms with E-state index >= 15 is 0 Å². The molecule has 0 unspecified atom stereocenters. The number of nitrogens with zero attached hydrogens (tertiary/aromatic N) is 1. The Hall–Kier alpha value is -1.23. The van der Waals surface area contributed by atoms with Crippen LogP contribution in [0.1, 0.15) is 23.1 Å². The second-order valence-corrected chi connectivity index (χ2v) is 3.52. The SMILES string of the molecule is COC(=O)Cc1cnc(Cl)c(C(F)F)c1C. The summed E-state index contributed by atoms with van der Waals surface area (Å²) in [5, 5.41) is -0.235. The third kappa shape index (κ3) is 2.66. The van der Waals surface area contributed by atoms with Gasteiger partial charge in [-0.2, -0.15) is 0 Å². The van der Waals surface area contributed by atoms with E-state index in [2.05, 4.69) is 9.72 Å². The van der Waals surface area contributed by atoms with E-state index in [0.717, 1.165) is 0 Å². The minimum absolute atomic E-state index is 0.0910. The van der Waals surface area contributed by atoms with Crippen molar-refractivity contribution in [3.8, 4) is 0 Å². The van der Waals surface area contributed by atoms with Crippen LogP contribution in [0.5, 0.6) is 0 Å². The van der Waals surface area contributed by atoms with Crippen LogP contribution in [0.3, 0.4) is 0 Å². The summed E-state index contributed by atoms with van der Waals surface area (Å²) >= 11 is 5.56. The maximum atomic E-state index is 12.6. The van der Waals surface area contributed by atoms with Crippen molar-refractivity contribution in [2.24, 2.45) is 0 Å². The van der Waals surface area contributed by atoms with E-state index in [-0.39, 0.29) is 22.7 Å². The molecule has 0 fully saturated rings. The molecule has 1 aromatic rings. The molecule has 0 aromatic carbocycles. The van der Waals surface area contributed by atoms with Crippen molar-refractivity contribution in [1.82, 2.24) is 4.98 Å². The third-order valence-electron chi connectivity index (χ3n) is 2.22. The predicted molar refractivity (Wildman–Crippen MR) is 54.7 cm³/mol. The number of rotatable bonds is 3. The Kier molecular flexibility index (Phi) is 4.18. The summed E-state index contributed by atoms with van der Waals surface area (Å²) < 4.78 is 29.7. The zero-order valence-corrected chi connectivity index (χ0v) is 9.52. The standard InChI is InChI=1S/C10H10ClF2NO2/c1-5-6(3-7(15)16-2)4-14-9(11)8(5)10(12)13/h4,10H,3H2,1-2H3. The normalized spacial score (nSPS) is 10.6. The van der Waals surface area contributed by atoms with Gasteiger partial charge < -0.3 is 4.74 Å². The molecule has 0 spiro atoms. The highest BCUT2D eigenvalue weighted by molar-refractivity contribution is 6.30. The number of carbonyl (C=O) groups is 1. The maximum Gasteiger partial charge on any atom is 0.310 e. The van der Waals surface area contributed by atoms with Gasteiger partial charge in [0.05, 0.1) is 19.1 Å². The molecule has 0 atom stereocenters. The van der Waals surface area contributed by atoms with Crippen molar-refractivity contribution >= 4 is 17.6 Å². The lowest BCUT2D eigenvalue weighted by Gasteiger charge is -2.10. The van der Waals surface area contributed by atoms with E-state index in [1.54, 1.807) is 0 Å². The smallest absolute Gasteiger partial charge is 0.310 e. The first-order chi connectivity index (χ1) is 7.47. The highest BCUT2D eigenvalue weighted by Crippen LogP contribution is 2.30. The zero-order chi connectivity index (χ0) is 12.3. The molecule has 0 saturated heterocycles. The van der Waals surface area contributed by atoms with Gasteiger partial charge in [0.2, 0.25) is 0 Å². The maximum absolute atomic E-state index is 12.6. The van der Waals surface area contributed by atoms with E-state index in [0.29, 0.717) is 5.56 Å². The first kappa shape index (κ1) is 12.8. The van der Waals surface area contributed by atoms with Crippen LogP contribution in [0.4, 0.5) is 8.78 Å². The summed E-state index contributed by atoms with van der Waals surface area (Å²) in [6.45, 7) is 1.48. The van der Waals surface area contributed by atoms with E-state index in [4.69, 9.17) is 11.6 Å². The fourth-order valence-electron chi connectivity index (χ4n) is 1.29. The number of esters is 1. The number of carbonyl (C=O) groups excluding carboxylic acids is 1. The Morgan fingerprint density at radius 1 is 1.62 bits per heavy atom. The Bertz CT molecular complexity index is 410. The minimum Gasteiger partial charge on any atom is -0.469 e. The van der Waals surface area contributed by atoms with Crippen LogP contribution in [0.15, 0.2) is 6.20 Å². The summed E-state index contributed by atoms with van der Waals surface area (Å²) in [5.74, 6) is -0.507. The Labute approximate surface area is 96.4 Å². The number of pyridine rings is 1. The average molecular weight is 250 g/mol. The molecule has 3 nitrogen and oxygen atoms in total. The lowest BCUT2D eigenvalue weighted by atomic mass is 10.0. The summed E-state index contributed by atoms with van der Waals surface area (Å²) in [7, 11) is 1.23. The highest BCUT2D eigenvalue weighted by Gasteiger charge is 2.19. The molecule has 0 N–H and O–H groups in total. The molecule has 0 radical (unpaired) electrons. The number of methoxy groups -OCH3 is 1. The molecule has 6 heteroatoms. The second kappa shape index (κ2) is 5.21. The Balaban J connectivity index is 3.13. The molecule has 16 heavy (non-hydrogen) atoms. The van der Waals surface area contributed by atoms with Gasteiger partial charge in [0, 0.05) is 6.20 Å². The van der Waals surface area contributed by atoms with Gasteiger partial charge in [-0.25, -0.2) is 13.8 Å². The van der Waals surface area contributed by atoms with Gasteiger partial charge in [-0.15, -0.1) is 0 Å². The monoisotopic (exact) mass is 249 g/mol. The molecule has 1 aromatic heterocycles. The summed E-state index contributed by atoms with van der Waals surface area (Å²) in [5.41, 5.74) is 0.343. The molecule has 0 amide bonds. The van der Waals surface area contributed by atoms with Gasteiger partial charge in [0.25, 0.3) is 6.43 Å². The minimum atomic E-state index is -2.71. The van der Waals surface area contributed by atoms with Crippen molar-refractivity contribution in [2.75, 3.05) is 7.11 Å². The zero-order valence-electron chi connectivity index (χ0n) is 8.76. The quantitative estimate of drug-likeness (QED) is 0.611. The van der Waals surface area contributed by atoms with Crippen LogP contribution < -0.4 is 0 Å². The first-order valence-corrected chi connectivity index (χ1v) is 4.84. The van der Waals surface area contributed by atoms with Crippen LogP contribution in [0, 0.1) is 6.92 Å². The van der Waals surface area contributed by atoms with Gasteiger partial charge >= 0.3 is 5.97 Å². The molecule has 1 heterocycles. The summed E-state index contributed by atoms with van der Waals surface area (Å²) in [6.07, 6.45) is -1.50. The number of hydrogen-bond acceptors (Lipinski definition) is 3. The molecular formula is C10H10ClF2NO2. The van der Waals surface area contributed by atoms with Gasteiger partial charge in [-0.05, 0) is 18.1 Å². The predicted octanol–water partition coefficient (Wildman–Crippen LogP) is 2.70. The molecule has 88 valence electrons. The van der Waals surface area contributed by atoms with Crippen molar-refractivity contribution in [3.05, 3.63) is 28.0 Å². The number of alkyl halides is 2. The number of halogens is 3. The molecule has 0 saturated carbocycles. The topological polar surface area (TPSA) is 39.2 Å². The summed E-state index contributed by atoms with van der Waals surface area (Å²) in [6, 6.07) is 0.